The van der Waals surface area contributed by atoms with Crippen LogP contribution in [0.2, 0.25) is 0 Å². The van der Waals surface area contributed by atoms with Gasteiger partial charge in [0.1, 0.15) is 0 Å². The molecule has 0 N–H and O–H groups in total. The highest BCUT2D eigenvalue weighted by Gasteiger charge is 2.02. The van der Waals surface area contributed by atoms with E-state index in [9.17, 15) is 4.79 Å². The maximum absolute atomic E-state index is 10.9. The van der Waals surface area contributed by atoms with Crippen molar-refractivity contribution in [1.29, 1.82) is 0 Å². The van der Waals surface area contributed by atoms with Gasteiger partial charge in [0, 0.05) is 4.90 Å². The largest absolute Gasteiger partial charge is 0.465 e. The molecule has 0 aromatic heterocycles. The summed E-state index contributed by atoms with van der Waals surface area (Å²) in [5.41, 5.74) is 0.547. The Hall–Kier alpha value is -1.74. The molecule has 17 heavy (non-hydrogen) atoms. The maximum Gasteiger partial charge on any atom is 0.337 e. The topological polar surface area (TPSA) is 26.3 Å². The van der Waals surface area contributed by atoms with Crippen LogP contribution >= 0.6 is 12.6 Å². The zero-order chi connectivity index (χ0) is 12.5. The van der Waals surface area contributed by atoms with E-state index in [0.29, 0.717) is 5.56 Å². The first-order valence-electron chi connectivity index (χ1n) is 5.11. The Labute approximate surface area is 107 Å². The van der Waals surface area contributed by atoms with Gasteiger partial charge in [0.2, 0.25) is 0 Å². The molecule has 0 radical (unpaired) electrons. The van der Waals surface area contributed by atoms with E-state index >= 15 is 0 Å². The molecule has 0 heterocycles. The standard InChI is InChI=1S/C8H8O2S.C6H6/c1-10-8(9)6-2-4-7(11)5-3-6;1-2-4-6-5-3-1/h2-5,11H,1H3;1-6H. The second kappa shape index (κ2) is 7.52. The minimum Gasteiger partial charge on any atom is -0.465 e. The van der Waals surface area contributed by atoms with Gasteiger partial charge in [-0.15, -0.1) is 12.6 Å². The smallest absolute Gasteiger partial charge is 0.337 e. The summed E-state index contributed by atoms with van der Waals surface area (Å²) in [5.74, 6) is -0.321. The van der Waals surface area contributed by atoms with Crippen LogP contribution in [0.5, 0.6) is 0 Å². The lowest BCUT2D eigenvalue weighted by molar-refractivity contribution is 0.0600. The number of esters is 1. The van der Waals surface area contributed by atoms with Crippen LogP contribution in [0.1, 0.15) is 10.4 Å². The molecule has 0 spiro atoms. The van der Waals surface area contributed by atoms with Crippen LogP contribution < -0.4 is 0 Å². The van der Waals surface area contributed by atoms with E-state index in [1.807, 2.05) is 36.4 Å². The van der Waals surface area contributed by atoms with E-state index in [1.165, 1.54) is 7.11 Å². The zero-order valence-corrected chi connectivity index (χ0v) is 10.4. The summed E-state index contributed by atoms with van der Waals surface area (Å²) in [6, 6.07) is 18.8. The van der Waals surface area contributed by atoms with Crippen LogP contribution in [-0.4, -0.2) is 13.1 Å². The third kappa shape index (κ3) is 5.22. The van der Waals surface area contributed by atoms with E-state index in [2.05, 4.69) is 17.4 Å². The highest BCUT2D eigenvalue weighted by atomic mass is 32.1. The fraction of sp³-hybridized carbons (Fsp3) is 0.0714. The molecule has 0 fully saturated rings. The molecule has 0 aliphatic carbocycles. The number of hydrogen-bond acceptors (Lipinski definition) is 3. The van der Waals surface area contributed by atoms with Crippen molar-refractivity contribution in [2.24, 2.45) is 0 Å². The summed E-state index contributed by atoms with van der Waals surface area (Å²) in [6.45, 7) is 0. The molecule has 2 nitrogen and oxygen atoms in total. The quantitative estimate of drug-likeness (QED) is 0.616. The van der Waals surface area contributed by atoms with Gasteiger partial charge in [0.15, 0.2) is 0 Å². The molecule has 0 saturated carbocycles. The SMILES string of the molecule is COC(=O)c1ccc(S)cc1.c1ccccc1. The van der Waals surface area contributed by atoms with E-state index in [1.54, 1.807) is 24.3 Å². The van der Waals surface area contributed by atoms with Gasteiger partial charge in [-0.05, 0) is 24.3 Å². The molecule has 0 bridgehead atoms. The molecule has 3 heteroatoms. The number of carbonyl (C=O) groups is 1. The molecule has 0 aliphatic rings. The molecule has 0 amide bonds. The Morgan fingerprint density at radius 3 is 1.71 bits per heavy atom. The molecule has 0 aliphatic heterocycles. The molecule has 0 unspecified atom stereocenters. The summed E-state index contributed by atoms with van der Waals surface area (Å²) in [5, 5.41) is 0. The average molecular weight is 246 g/mol. The predicted molar refractivity (Wildman–Crippen MR) is 71.5 cm³/mol. The Balaban J connectivity index is 0.000000202. The van der Waals surface area contributed by atoms with Crippen molar-refractivity contribution in [3.8, 4) is 0 Å². The molecule has 0 saturated heterocycles. The van der Waals surface area contributed by atoms with Crippen molar-refractivity contribution in [1.82, 2.24) is 0 Å². The number of benzene rings is 2. The van der Waals surface area contributed by atoms with Crippen molar-refractivity contribution in [3.63, 3.8) is 0 Å². The first kappa shape index (κ1) is 13.3. The molecule has 88 valence electrons. The summed E-state index contributed by atoms with van der Waals surface area (Å²) in [4.78, 5) is 11.7. The second-order valence-corrected chi connectivity index (χ2v) is 3.71. The molecule has 2 aromatic carbocycles. The summed E-state index contributed by atoms with van der Waals surface area (Å²) in [7, 11) is 1.36. The Morgan fingerprint density at radius 1 is 0.941 bits per heavy atom. The van der Waals surface area contributed by atoms with E-state index in [0.717, 1.165) is 4.90 Å². The van der Waals surface area contributed by atoms with Crippen LogP contribution in [-0.2, 0) is 4.74 Å². The van der Waals surface area contributed by atoms with Gasteiger partial charge in [0.05, 0.1) is 12.7 Å². The lowest BCUT2D eigenvalue weighted by Crippen LogP contribution is -1.99. The first-order chi connectivity index (χ1) is 8.24. The zero-order valence-electron chi connectivity index (χ0n) is 9.54. The van der Waals surface area contributed by atoms with Crippen molar-refractivity contribution >= 4 is 18.6 Å². The van der Waals surface area contributed by atoms with Gasteiger partial charge in [-0.2, -0.15) is 0 Å². The molecular weight excluding hydrogens is 232 g/mol. The minimum absolute atomic E-state index is 0.321. The number of rotatable bonds is 1. The number of methoxy groups -OCH3 is 1. The number of thiol groups is 1. The van der Waals surface area contributed by atoms with Gasteiger partial charge in [-0.1, -0.05) is 36.4 Å². The second-order valence-electron chi connectivity index (χ2n) is 3.19. The lowest BCUT2D eigenvalue weighted by Gasteiger charge is -1.97. The number of hydrogen-bond donors (Lipinski definition) is 1. The lowest BCUT2D eigenvalue weighted by atomic mass is 10.2. The fourth-order valence-corrected chi connectivity index (χ4v) is 1.25. The van der Waals surface area contributed by atoms with Gasteiger partial charge >= 0.3 is 5.97 Å². The van der Waals surface area contributed by atoms with Crippen molar-refractivity contribution in [2.45, 2.75) is 4.90 Å². The molecule has 0 atom stereocenters. The molecule has 2 aromatic rings. The van der Waals surface area contributed by atoms with Gasteiger partial charge in [-0.3, -0.25) is 0 Å². The van der Waals surface area contributed by atoms with Crippen LogP contribution in [0.3, 0.4) is 0 Å². The normalized spacial score (nSPS) is 8.82. The Kier molecular flexibility index (Phi) is 5.89. The summed E-state index contributed by atoms with van der Waals surface area (Å²) in [6.07, 6.45) is 0. The summed E-state index contributed by atoms with van der Waals surface area (Å²) >= 11 is 4.08. The third-order valence-corrected chi connectivity index (χ3v) is 2.25. The van der Waals surface area contributed by atoms with Crippen LogP contribution in [0.25, 0.3) is 0 Å². The minimum atomic E-state index is -0.321. The van der Waals surface area contributed by atoms with Crippen molar-refractivity contribution < 1.29 is 9.53 Å². The highest BCUT2D eigenvalue weighted by Crippen LogP contribution is 2.08. The van der Waals surface area contributed by atoms with E-state index < -0.39 is 0 Å². The van der Waals surface area contributed by atoms with Crippen LogP contribution in [0, 0.1) is 0 Å². The average Bonchev–Trinajstić information content (AvgIpc) is 2.41. The number of carbonyl (C=O) groups excluding carboxylic acids is 1. The Bertz CT molecular complexity index is 411. The van der Waals surface area contributed by atoms with Gasteiger partial charge in [-0.25, -0.2) is 4.79 Å². The first-order valence-corrected chi connectivity index (χ1v) is 5.56. The van der Waals surface area contributed by atoms with Crippen molar-refractivity contribution in [3.05, 3.63) is 66.2 Å². The van der Waals surface area contributed by atoms with E-state index in [4.69, 9.17) is 0 Å². The maximum atomic E-state index is 10.9. The number of ether oxygens (including phenoxy) is 1. The van der Waals surface area contributed by atoms with Crippen molar-refractivity contribution in [2.75, 3.05) is 7.11 Å². The van der Waals surface area contributed by atoms with Crippen LogP contribution in [0.15, 0.2) is 65.6 Å². The monoisotopic (exact) mass is 246 g/mol. The van der Waals surface area contributed by atoms with E-state index in [-0.39, 0.29) is 5.97 Å². The van der Waals surface area contributed by atoms with Gasteiger partial charge in [0.25, 0.3) is 0 Å². The highest BCUT2D eigenvalue weighted by molar-refractivity contribution is 7.80. The molecular formula is C14H14O2S. The molecule has 2 rings (SSSR count). The van der Waals surface area contributed by atoms with Crippen LogP contribution in [0.4, 0.5) is 0 Å². The third-order valence-electron chi connectivity index (χ3n) is 1.96. The predicted octanol–water partition coefficient (Wildman–Crippen LogP) is 3.45. The van der Waals surface area contributed by atoms with Gasteiger partial charge < -0.3 is 4.74 Å². The Morgan fingerprint density at radius 2 is 1.35 bits per heavy atom. The summed E-state index contributed by atoms with van der Waals surface area (Å²) < 4.78 is 4.51. The fourth-order valence-electron chi connectivity index (χ4n) is 1.10.